The van der Waals surface area contributed by atoms with Crippen LogP contribution in [0.3, 0.4) is 0 Å². The van der Waals surface area contributed by atoms with Gasteiger partial charge in [-0.15, -0.1) is 11.3 Å². The molecule has 1 aliphatic heterocycles. The van der Waals surface area contributed by atoms with Crippen LogP contribution in [0.25, 0.3) is 10.2 Å². The maximum Gasteiger partial charge on any atom is 0.218 e. The average molecular weight is 507 g/mol. The van der Waals surface area contributed by atoms with Crippen LogP contribution in [0.2, 0.25) is 0 Å². The first-order valence-corrected chi connectivity index (χ1v) is 14.0. The van der Waals surface area contributed by atoms with Crippen LogP contribution in [0.4, 0.5) is 11.5 Å². The second-order valence-corrected chi connectivity index (χ2v) is 11.3. The van der Waals surface area contributed by atoms with E-state index in [1.54, 1.807) is 11.3 Å². The van der Waals surface area contributed by atoms with Crippen molar-refractivity contribution in [2.24, 2.45) is 5.73 Å². The number of thiophene rings is 1. The van der Waals surface area contributed by atoms with E-state index in [-0.39, 0.29) is 17.9 Å². The Hall–Kier alpha value is -2.68. The summed E-state index contributed by atoms with van der Waals surface area (Å²) in [5.74, 6) is 1.59. The summed E-state index contributed by atoms with van der Waals surface area (Å²) in [5.41, 5.74) is 7.85. The van der Waals surface area contributed by atoms with Crippen LogP contribution in [-0.4, -0.2) is 54.2 Å². The number of hydrogen-bond acceptors (Lipinski definition) is 7. The third kappa shape index (κ3) is 4.94. The first kappa shape index (κ1) is 23.7. The van der Waals surface area contributed by atoms with Crippen molar-refractivity contribution in [3.05, 3.63) is 46.8 Å². The molecule has 6 rings (SSSR count). The Labute approximate surface area is 216 Å². The number of rotatable bonds is 7. The van der Waals surface area contributed by atoms with E-state index in [9.17, 15) is 4.79 Å². The van der Waals surface area contributed by atoms with Gasteiger partial charge in [0.25, 0.3) is 0 Å². The molecule has 190 valence electrons. The number of aromatic nitrogens is 1. The van der Waals surface area contributed by atoms with Crippen molar-refractivity contribution >= 4 is 39.0 Å². The molecule has 0 unspecified atom stereocenters. The molecule has 1 aromatic carbocycles. The molecule has 36 heavy (non-hydrogen) atoms. The Morgan fingerprint density at radius 3 is 2.67 bits per heavy atom. The Balaban J connectivity index is 1.28. The first-order valence-electron chi connectivity index (χ1n) is 13.2. The predicted octanol–water partition coefficient (Wildman–Crippen LogP) is 4.97. The van der Waals surface area contributed by atoms with E-state index in [2.05, 4.69) is 16.3 Å². The van der Waals surface area contributed by atoms with Gasteiger partial charge in [0.2, 0.25) is 5.91 Å². The van der Waals surface area contributed by atoms with E-state index in [1.807, 2.05) is 30.3 Å². The van der Waals surface area contributed by atoms with Crippen molar-refractivity contribution in [2.45, 2.75) is 63.0 Å². The number of carbonyl (C=O) groups is 1. The number of nitrogens with two attached hydrogens (primary N) is 1. The minimum Gasteiger partial charge on any atom is -0.490 e. The number of morpholine rings is 1. The topological polar surface area (TPSA) is 89.7 Å². The summed E-state index contributed by atoms with van der Waals surface area (Å²) >= 11 is 1.74. The van der Waals surface area contributed by atoms with Gasteiger partial charge >= 0.3 is 0 Å². The van der Waals surface area contributed by atoms with Gasteiger partial charge in [0.15, 0.2) is 0 Å². The van der Waals surface area contributed by atoms with Gasteiger partial charge < -0.3 is 20.5 Å². The van der Waals surface area contributed by atoms with Gasteiger partial charge in [0.05, 0.1) is 24.7 Å². The first-order chi connectivity index (χ1) is 17.6. The zero-order valence-electron chi connectivity index (χ0n) is 20.6. The molecular formula is C28H34N4O3S. The number of hydrogen-bond donors (Lipinski definition) is 2. The highest BCUT2D eigenvalue weighted by Crippen LogP contribution is 2.49. The molecule has 2 aromatic heterocycles. The molecule has 0 radical (unpaired) electrons. The highest BCUT2D eigenvalue weighted by Gasteiger charge is 2.33. The molecule has 3 aliphatic rings. The predicted molar refractivity (Wildman–Crippen MR) is 143 cm³/mol. The number of pyridine rings is 1. The summed E-state index contributed by atoms with van der Waals surface area (Å²) < 4.78 is 12.3. The number of para-hydroxylation sites is 1. The maximum atomic E-state index is 11.8. The largest absolute Gasteiger partial charge is 0.490 e. The second-order valence-electron chi connectivity index (χ2n) is 10.2. The summed E-state index contributed by atoms with van der Waals surface area (Å²) in [4.78, 5) is 21.7. The zero-order valence-corrected chi connectivity index (χ0v) is 21.4. The number of benzene rings is 1. The van der Waals surface area contributed by atoms with Crippen LogP contribution in [0, 0.1) is 0 Å². The van der Waals surface area contributed by atoms with Gasteiger partial charge in [-0.05, 0) is 62.1 Å². The average Bonchev–Trinajstić information content (AvgIpc) is 3.45. The minimum absolute atomic E-state index is 0.153. The van der Waals surface area contributed by atoms with E-state index in [0.29, 0.717) is 12.5 Å². The second kappa shape index (κ2) is 10.4. The smallest absolute Gasteiger partial charge is 0.218 e. The SMILES string of the molecule is NC(=O)C[C@H]1CCc2sc3nc(Nc4ccccc4)cc(O[C@H]4CC[C@H](N5CCOCC5)CC4)c3c21. The third-order valence-electron chi connectivity index (χ3n) is 7.86. The van der Waals surface area contributed by atoms with Crippen LogP contribution in [0.1, 0.15) is 54.9 Å². The molecule has 0 spiro atoms. The van der Waals surface area contributed by atoms with E-state index >= 15 is 0 Å². The lowest BCUT2D eigenvalue weighted by atomic mass is 9.91. The van der Waals surface area contributed by atoms with Gasteiger partial charge in [0.1, 0.15) is 16.4 Å². The fourth-order valence-electron chi connectivity index (χ4n) is 6.12. The van der Waals surface area contributed by atoms with E-state index in [1.165, 1.54) is 10.4 Å². The van der Waals surface area contributed by atoms with Crippen molar-refractivity contribution < 1.29 is 14.3 Å². The molecule has 1 atom stereocenters. The molecule has 1 saturated heterocycles. The third-order valence-corrected chi connectivity index (χ3v) is 9.02. The summed E-state index contributed by atoms with van der Waals surface area (Å²) in [5, 5.41) is 4.55. The molecule has 3 heterocycles. The van der Waals surface area contributed by atoms with Crippen LogP contribution in [-0.2, 0) is 16.0 Å². The van der Waals surface area contributed by atoms with E-state index in [4.69, 9.17) is 20.2 Å². The lowest BCUT2D eigenvalue weighted by molar-refractivity contribution is -0.118. The fourth-order valence-corrected chi connectivity index (χ4v) is 7.41. The summed E-state index contributed by atoms with van der Waals surface area (Å²) in [6.07, 6.45) is 6.90. The van der Waals surface area contributed by atoms with Crippen molar-refractivity contribution in [2.75, 3.05) is 31.6 Å². The number of nitrogens with one attached hydrogen (secondary N) is 1. The van der Waals surface area contributed by atoms with Crippen molar-refractivity contribution in [3.8, 4) is 5.75 Å². The quantitative estimate of drug-likeness (QED) is 0.470. The van der Waals surface area contributed by atoms with Gasteiger partial charge in [-0.25, -0.2) is 4.98 Å². The van der Waals surface area contributed by atoms with Crippen LogP contribution in [0.15, 0.2) is 36.4 Å². The number of fused-ring (bicyclic) bond motifs is 3. The summed E-state index contributed by atoms with van der Waals surface area (Å²) in [6, 6.07) is 12.8. The van der Waals surface area contributed by atoms with Gasteiger partial charge in [-0.2, -0.15) is 0 Å². The number of ether oxygens (including phenoxy) is 2. The van der Waals surface area contributed by atoms with Crippen LogP contribution >= 0.6 is 11.3 Å². The number of nitrogens with zero attached hydrogens (tertiary/aromatic N) is 2. The molecule has 7 nitrogen and oxygen atoms in total. The van der Waals surface area contributed by atoms with E-state index in [0.717, 1.165) is 92.3 Å². The number of anilines is 2. The number of primary amides is 1. The molecule has 0 bridgehead atoms. The molecule has 1 amide bonds. The molecule has 1 saturated carbocycles. The van der Waals surface area contributed by atoms with Crippen LogP contribution in [0.5, 0.6) is 5.75 Å². The standard InChI is InChI=1S/C28H34N4O3S/c29-24(33)16-18-6-11-23-26(18)27-22(17-25(31-28(27)36-23)30-19-4-2-1-3-5-19)35-21-9-7-20(8-10-21)32-12-14-34-15-13-32/h1-5,17-18,20-21H,6-16H2,(H2,29,33)(H,30,31)/t18-,20-,21-/m1/s1. The monoisotopic (exact) mass is 506 g/mol. The van der Waals surface area contributed by atoms with Crippen molar-refractivity contribution in [1.29, 1.82) is 0 Å². The lowest BCUT2D eigenvalue weighted by Gasteiger charge is -2.38. The number of amides is 1. The van der Waals surface area contributed by atoms with Crippen LogP contribution < -0.4 is 15.8 Å². The Morgan fingerprint density at radius 1 is 1.14 bits per heavy atom. The molecule has 8 heteroatoms. The Kier molecular flexibility index (Phi) is 6.82. The highest BCUT2D eigenvalue weighted by molar-refractivity contribution is 7.19. The lowest BCUT2D eigenvalue weighted by Crippen LogP contribution is -2.46. The summed E-state index contributed by atoms with van der Waals surface area (Å²) in [6.45, 7) is 3.77. The number of carbonyl (C=O) groups excluding carboxylic acids is 1. The normalized spacial score (nSPS) is 24.5. The van der Waals surface area contributed by atoms with Crippen molar-refractivity contribution in [3.63, 3.8) is 0 Å². The molecule has 2 aliphatic carbocycles. The van der Waals surface area contributed by atoms with Gasteiger partial charge in [0, 0.05) is 42.2 Å². The zero-order chi connectivity index (χ0) is 24.5. The minimum atomic E-state index is -0.244. The van der Waals surface area contributed by atoms with E-state index < -0.39 is 0 Å². The van der Waals surface area contributed by atoms with Gasteiger partial charge in [-0.1, -0.05) is 18.2 Å². The molecule has 3 N–H and O–H groups in total. The molecule has 3 aromatic rings. The summed E-state index contributed by atoms with van der Waals surface area (Å²) in [7, 11) is 0. The Bertz CT molecular complexity index is 1220. The Morgan fingerprint density at radius 2 is 1.92 bits per heavy atom. The number of aryl methyl sites for hydroxylation is 1. The molecular weight excluding hydrogens is 472 g/mol. The highest BCUT2D eigenvalue weighted by atomic mass is 32.1. The fraction of sp³-hybridized carbons (Fsp3) is 0.500. The van der Waals surface area contributed by atoms with Crippen molar-refractivity contribution in [1.82, 2.24) is 9.88 Å². The van der Waals surface area contributed by atoms with Gasteiger partial charge in [-0.3, -0.25) is 9.69 Å². The molecule has 2 fully saturated rings. The maximum absolute atomic E-state index is 11.8.